The topological polar surface area (TPSA) is 94.7 Å². The number of carbonyl (C=O) groups is 2. The van der Waals surface area contributed by atoms with Gasteiger partial charge in [0.15, 0.2) is 5.11 Å². The SMILES string of the molecule is CC(=O)NC[C@H]1CN(c2ccc(NCCNC(=S)Nc3ccccc3)c(F)c2)C(=O)O1. The quantitative estimate of drug-likeness (QED) is 0.367. The zero-order valence-corrected chi connectivity index (χ0v) is 17.8. The summed E-state index contributed by atoms with van der Waals surface area (Å²) in [6.07, 6.45) is -1.05. The van der Waals surface area contributed by atoms with Crippen LogP contribution in [0.1, 0.15) is 6.92 Å². The van der Waals surface area contributed by atoms with Crippen molar-refractivity contribution in [3.63, 3.8) is 0 Å². The molecule has 1 heterocycles. The highest BCUT2D eigenvalue weighted by Crippen LogP contribution is 2.25. The molecule has 31 heavy (non-hydrogen) atoms. The van der Waals surface area contributed by atoms with E-state index in [2.05, 4.69) is 21.3 Å². The van der Waals surface area contributed by atoms with E-state index in [1.54, 1.807) is 12.1 Å². The summed E-state index contributed by atoms with van der Waals surface area (Å²) < 4.78 is 19.7. The van der Waals surface area contributed by atoms with Crippen LogP contribution in [0.4, 0.5) is 26.2 Å². The fourth-order valence-electron chi connectivity index (χ4n) is 2.98. The van der Waals surface area contributed by atoms with Crippen molar-refractivity contribution in [2.24, 2.45) is 0 Å². The first-order valence-corrected chi connectivity index (χ1v) is 10.2. The molecule has 0 radical (unpaired) electrons. The molecule has 1 saturated heterocycles. The highest BCUT2D eigenvalue weighted by atomic mass is 32.1. The largest absolute Gasteiger partial charge is 0.442 e. The van der Waals surface area contributed by atoms with Crippen molar-refractivity contribution < 1.29 is 18.7 Å². The Hall–Kier alpha value is -3.40. The van der Waals surface area contributed by atoms with E-state index >= 15 is 0 Å². The molecule has 2 amide bonds. The zero-order chi connectivity index (χ0) is 22.2. The van der Waals surface area contributed by atoms with Crippen molar-refractivity contribution >= 4 is 46.4 Å². The number of benzene rings is 2. The standard InChI is InChI=1S/C21H24FN5O3S/c1-14(28)25-12-17-13-27(21(29)30-17)16-7-8-19(18(22)11-16)23-9-10-24-20(31)26-15-5-3-2-4-6-15/h2-8,11,17,23H,9-10,12-13H2,1H3,(H,25,28)(H2,24,26,31)/t17-/m0/s1. The first kappa shape index (κ1) is 22.3. The smallest absolute Gasteiger partial charge is 0.414 e. The molecule has 0 aliphatic carbocycles. The summed E-state index contributed by atoms with van der Waals surface area (Å²) in [6.45, 7) is 2.77. The normalized spacial score (nSPS) is 15.2. The monoisotopic (exact) mass is 445 g/mol. The number of amides is 2. The Morgan fingerprint density at radius 3 is 2.68 bits per heavy atom. The molecule has 0 spiro atoms. The maximum atomic E-state index is 14.5. The molecule has 0 aromatic heterocycles. The lowest BCUT2D eigenvalue weighted by Gasteiger charge is -2.15. The molecule has 8 nitrogen and oxygen atoms in total. The molecule has 10 heteroatoms. The fraction of sp³-hybridized carbons (Fsp3) is 0.286. The van der Waals surface area contributed by atoms with Gasteiger partial charge in [0.1, 0.15) is 11.9 Å². The molecule has 0 bridgehead atoms. The van der Waals surface area contributed by atoms with E-state index in [0.29, 0.717) is 29.6 Å². The number of hydrogen-bond donors (Lipinski definition) is 4. The maximum absolute atomic E-state index is 14.5. The molecule has 2 aromatic carbocycles. The molecule has 1 atom stereocenters. The van der Waals surface area contributed by atoms with Gasteiger partial charge in [-0.3, -0.25) is 9.69 Å². The third-order valence-corrected chi connectivity index (χ3v) is 4.72. The van der Waals surface area contributed by atoms with Crippen LogP contribution in [0.25, 0.3) is 0 Å². The van der Waals surface area contributed by atoms with Gasteiger partial charge >= 0.3 is 6.09 Å². The number of nitrogens with one attached hydrogen (secondary N) is 4. The summed E-state index contributed by atoms with van der Waals surface area (Å²) in [5, 5.41) is 12.2. The van der Waals surface area contributed by atoms with Crippen LogP contribution in [-0.2, 0) is 9.53 Å². The van der Waals surface area contributed by atoms with Crippen molar-refractivity contribution in [1.29, 1.82) is 0 Å². The van der Waals surface area contributed by atoms with Gasteiger partial charge in [-0.1, -0.05) is 18.2 Å². The maximum Gasteiger partial charge on any atom is 0.414 e. The fourth-order valence-corrected chi connectivity index (χ4v) is 3.20. The minimum atomic E-state index is -0.570. The number of anilines is 3. The Labute approximate surface area is 185 Å². The average Bonchev–Trinajstić information content (AvgIpc) is 3.12. The molecule has 3 rings (SSSR count). The van der Waals surface area contributed by atoms with E-state index in [9.17, 15) is 14.0 Å². The summed E-state index contributed by atoms with van der Waals surface area (Å²) in [5.41, 5.74) is 1.59. The van der Waals surface area contributed by atoms with Crippen LogP contribution < -0.4 is 26.2 Å². The summed E-state index contributed by atoms with van der Waals surface area (Å²) >= 11 is 5.23. The Morgan fingerprint density at radius 2 is 1.97 bits per heavy atom. The van der Waals surface area contributed by atoms with Crippen LogP contribution in [0.15, 0.2) is 48.5 Å². The summed E-state index contributed by atoms with van der Waals surface area (Å²) in [6, 6.07) is 14.0. The summed E-state index contributed by atoms with van der Waals surface area (Å²) in [5.74, 6) is -0.692. The van der Waals surface area contributed by atoms with Crippen molar-refractivity contribution in [2.45, 2.75) is 13.0 Å². The van der Waals surface area contributed by atoms with Gasteiger partial charge in [-0.15, -0.1) is 0 Å². The molecular formula is C21H24FN5O3S. The van der Waals surface area contributed by atoms with Gasteiger partial charge < -0.3 is 26.0 Å². The number of rotatable bonds is 8. The number of thiocarbonyl (C=S) groups is 1. The van der Waals surface area contributed by atoms with Gasteiger partial charge in [0.25, 0.3) is 0 Å². The van der Waals surface area contributed by atoms with E-state index in [0.717, 1.165) is 5.69 Å². The number of halogens is 1. The van der Waals surface area contributed by atoms with Crippen LogP contribution in [0.2, 0.25) is 0 Å². The number of ether oxygens (including phenoxy) is 1. The highest BCUT2D eigenvalue weighted by molar-refractivity contribution is 7.80. The lowest BCUT2D eigenvalue weighted by Crippen LogP contribution is -2.33. The molecule has 1 aliphatic heterocycles. The predicted molar refractivity (Wildman–Crippen MR) is 122 cm³/mol. The number of carbonyl (C=O) groups excluding carboxylic acids is 2. The van der Waals surface area contributed by atoms with Gasteiger partial charge in [0, 0.05) is 25.7 Å². The van der Waals surface area contributed by atoms with Crippen LogP contribution in [-0.4, -0.2) is 49.4 Å². The Balaban J connectivity index is 1.45. The van der Waals surface area contributed by atoms with Gasteiger partial charge in [-0.2, -0.15) is 0 Å². The molecular weight excluding hydrogens is 421 g/mol. The number of hydrogen-bond acceptors (Lipinski definition) is 5. The molecule has 0 saturated carbocycles. The van der Waals surface area contributed by atoms with Crippen molar-refractivity contribution in [1.82, 2.24) is 10.6 Å². The minimum Gasteiger partial charge on any atom is -0.442 e. The third kappa shape index (κ3) is 6.54. The Kier molecular flexibility index (Phi) is 7.60. The van der Waals surface area contributed by atoms with E-state index in [4.69, 9.17) is 17.0 Å². The van der Waals surface area contributed by atoms with E-state index in [-0.39, 0.29) is 19.0 Å². The predicted octanol–water partition coefficient (Wildman–Crippen LogP) is 2.69. The molecule has 4 N–H and O–H groups in total. The van der Waals surface area contributed by atoms with E-state index in [1.807, 2.05) is 30.3 Å². The third-order valence-electron chi connectivity index (χ3n) is 4.47. The molecule has 1 fully saturated rings. The second-order valence-corrected chi connectivity index (χ2v) is 7.30. The summed E-state index contributed by atoms with van der Waals surface area (Å²) in [4.78, 5) is 24.4. The highest BCUT2D eigenvalue weighted by Gasteiger charge is 2.32. The lowest BCUT2D eigenvalue weighted by atomic mass is 10.2. The lowest BCUT2D eigenvalue weighted by molar-refractivity contribution is -0.119. The van der Waals surface area contributed by atoms with E-state index in [1.165, 1.54) is 17.9 Å². The first-order valence-electron chi connectivity index (χ1n) is 9.78. The van der Waals surface area contributed by atoms with Crippen LogP contribution in [0.3, 0.4) is 0 Å². The van der Waals surface area contributed by atoms with Crippen LogP contribution >= 0.6 is 12.2 Å². The Bertz CT molecular complexity index is 944. The number of nitrogens with zero attached hydrogens (tertiary/aromatic N) is 1. The van der Waals surface area contributed by atoms with E-state index < -0.39 is 18.0 Å². The van der Waals surface area contributed by atoms with Gasteiger partial charge in [-0.25, -0.2) is 9.18 Å². The van der Waals surface area contributed by atoms with Crippen molar-refractivity contribution in [3.8, 4) is 0 Å². The molecule has 0 unspecified atom stereocenters. The first-order chi connectivity index (χ1) is 14.9. The number of cyclic esters (lactones) is 1. The van der Waals surface area contributed by atoms with Gasteiger partial charge in [0.05, 0.1) is 24.5 Å². The summed E-state index contributed by atoms with van der Waals surface area (Å²) in [7, 11) is 0. The second kappa shape index (κ2) is 10.6. The zero-order valence-electron chi connectivity index (χ0n) is 17.0. The second-order valence-electron chi connectivity index (χ2n) is 6.89. The molecule has 1 aliphatic rings. The van der Waals surface area contributed by atoms with Crippen LogP contribution in [0, 0.1) is 5.82 Å². The van der Waals surface area contributed by atoms with Crippen LogP contribution in [0.5, 0.6) is 0 Å². The van der Waals surface area contributed by atoms with Crippen molar-refractivity contribution in [3.05, 3.63) is 54.3 Å². The number of para-hydroxylation sites is 1. The minimum absolute atomic E-state index is 0.206. The molecule has 164 valence electrons. The Morgan fingerprint density at radius 1 is 1.19 bits per heavy atom. The van der Waals surface area contributed by atoms with Gasteiger partial charge in [-0.05, 0) is 42.5 Å². The molecule has 2 aromatic rings. The average molecular weight is 446 g/mol. The van der Waals surface area contributed by atoms with Gasteiger partial charge in [0.2, 0.25) is 5.91 Å². The van der Waals surface area contributed by atoms with Crippen molar-refractivity contribution in [2.75, 3.05) is 41.7 Å².